The molecule has 8 nitrogen and oxygen atoms in total. The number of nitrogens with one attached hydrogen (secondary N) is 2. The van der Waals surface area contributed by atoms with Gasteiger partial charge < -0.3 is 5.32 Å². The van der Waals surface area contributed by atoms with Gasteiger partial charge in [0.05, 0.1) is 12.1 Å². The second-order valence-corrected chi connectivity index (χ2v) is 7.24. The molecule has 5 amide bonds. The zero-order valence-corrected chi connectivity index (χ0v) is 17.3. The van der Waals surface area contributed by atoms with E-state index in [9.17, 15) is 23.6 Å². The van der Waals surface area contributed by atoms with Gasteiger partial charge in [-0.25, -0.2) is 19.1 Å². The lowest BCUT2D eigenvalue weighted by atomic mass is 10.1. The predicted octanol–water partition coefficient (Wildman–Crippen LogP) is 3.34. The number of hydrogen-bond donors (Lipinski definition) is 2. The monoisotopic (exact) mass is 446 g/mol. The normalized spacial score (nSPS) is 15.8. The van der Waals surface area contributed by atoms with Crippen molar-refractivity contribution in [3.63, 3.8) is 0 Å². The maximum Gasteiger partial charge on any atom is 0.350 e. The van der Waals surface area contributed by atoms with Crippen molar-refractivity contribution < 1.29 is 23.6 Å². The lowest BCUT2D eigenvalue weighted by molar-refractivity contribution is -0.128. The number of benzene rings is 3. The second-order valence-electron chi connectivity index (χ2n) is 7.24. The van der Waals surface area contributed by atoms with E-state index >= 15 is 0 Å². The van der Waals surface area contributed by atoms with E-state index in [1.807, 2.05) is 0 Å². The van der Waals surface area contributed by atoms with Crippen LogP contribution in [0.1, 0.15) is 16.8 Å². The molecule has 33 heavy (non-hydrogen) atoms. The van der Waals surface area contributed by atoms with Crippen molar-refractivity contribution in [2.45, 2.75) is 12.5 Å². The SMILES string of the molecule is O=C(NN1C(=O)N(c2ccccc2)C(=O)C[C@H]1C(=O)Nc1ccc(F)cc1)c1ccccc1. The Morgan fingerprint density at radius 3 is 2.09 bits per heavy atom. The van der Waals surface area contributed by atoms with Crippen molar-refractivity contribution in [3.05, 3.63) is 96.3 Å². The number of imide groups is 1. The number of para-hydroxylation sites is 1. The minimum Gasteiger partial charge on any atom is -0.324 e. The van der Waals surface area contributed by atoms with Gasteiger partial charge in [0.1, 0.15) is 11.9 Å². The van der Waals surface area contributed by atoms with E-state index in [0.29, 0.717) is 5.69 Å². The van der Waals surface area contributed by atoms with Crippen molar-refractivity contribution in [3.8, 4) is 0 Å². The average Bonchev–Trinajstić information content (AvgIpc) is 2.83. The molecule has 3 aromatic rings. The lowest BCUT2D eigenvalue weighted by Gasteiger charge is -2.38. The molecule has 0 spiro atoms. The number of carbonyl (C=O) groups is 4. The topological polar surface area (TPSA) is 98.8 Å². The number of halogens is 1. The second kappa shape index (κ2) is 9.31. The van der Waals surface area contributed by atoms with Crippen molar-refractivity contribution in [2.75, 3.05) is 10.2 Å². The predicted molar refractivity (Wildman–Crippen MR) is 119 cm³/mol. The van der Waals surface area contributed by atoms with E-state index in [2.05, 4.69) is 10.7 Å². The van der Waals surface area contributed by atoms with Gasteiger partial charge in [-0.1, -0.05) is 36.4 Å². The van der Waals surface area contributed by atoms with Crippen LogP contribution in [0.4, 0.5) is 20.6 Å². The van der Waals surface area contributed by atoms with Crippen LogP contribution in [0.5, 0.6) is 0 Å². The highest BCUT2D eigenvalue weighted by Gasteiger charge is 2.44. The highest BCUT2D eigenvalue weighted by molar-refractivity contribution is 6.19. The molecular weight excluding hydrogens is 427 g/mol. The third-order valence-electron chi connectivity index (χ3n) is 5.01. The average molecular weight is 446 g/mol. The van der Waals surface area contributed by atoms with Gasteiger partial charge in [0.15, 0.2) is 0 Å². The molecule has 0 bridgehead atoms. The number of urea groups is 1. The number of hydrogen-bond acceptors (Lipinski definition) is 4. The molecule has 1 heterocycles. The van der Waals surface area contributed by atoms with Gasteiger partial charge in [0.25, 0.3) is 5.91 Å². The molecule has 1 fully saturated rings. The molecule has 0 aromatic heterocycles. The summed E-state index contributed by atoms with van der Waals surface area (Å²) in [5, 5.41) is 3.41. The van der Waals surface area contributed by atoms with Crippen LogP contribution in [-0.4, -0.2) is 34.8 Å². The van der Waals surface area contributed by atoms with Gasteiger partial charge >= 0.3 is 6.03 Å². The number of nitrogens with zero attached hydrogens (tertiary/aromatic N) is 2. The van der Waals surface area contributed by atoms with Gasteiger partial charge in [-0.3, -0.25) is 19.8 Å². The fourth-order valence-corrected chi connectivity index (χ4v) is 3.39. The third-order valence-corrected chi connectivity index (χ3v) is 5.01. The summed E-state index contributed by atoms with van der Waals surface area (Å²) in [6.07, 6.45) is -0.372. The minimum atomic E-state index is -1.32. The first-order valence-electron chi connectivity index (χ1n) is 10.1. The summed E-state index contributed by atoms with van der Waals surface area (Å²) < 4.78 is 13.2. The fourth-order valence-electron chi connectivity index (χ4n) is 3.39. The summed E-state index contributed by atoms with van der Waals surface area (Å²) in [7, 11) is 0. The van der Waals surface area contributed by atoms with E-state index in [1.54, 1.807) is 60.7 Å². The zero-order valence-electron chi connectivity index (χ0n) is 17.3. The van der Waals surface area contributed by atoms with Gasteiger partial charge in [-0.2, -0.15) is 0 Å². The van der Waals surface area contributed by atoms with E-state index < -0.39 is 35.6 Å². The molecule has 1 aliphatic heterocycles. The van der Waals surface area contributed by atoms with Crippen molar-refractivity contribution in [1.29, 1.82) is 0 Å². The third kappa shape index (κ3) is 4.72. The van der Waals surface area contributed by atoms with Gasteiger partial charge in [0.2, 0.25) is 11.8 Å². The number of hydrazine groups is 1. The van der Waals surface area contributed by atoms with Gasteiger partial charge in [0, 0.05) is 11.3 Å². The number of amides is 5. The molecule has 2 N–H and O–H groups in total. The first-order chi connectivity index (χ1) is 15.9. The summed E-state index contributed by atoms with van der Waals surface area (Å²) in [6.45, 7) is 0. The molecule has 0 saturated carbocycles. The Hall–Kier alpha value is -4.53. The summed E-state index contributed by atoms with van der Waals surface area (Å²) in [5.41, 5.74) is 3.32. The zero-order chi connectivity index (χ0) is 23.4. The first-order valence-corrected chi connectivity index (χ1v) is 10.1. The Balaban J connectivity index is 1.64. The maximum atomic E-state index is 13.3. The molecule has 9 heteroatoms. The largest absolute Gasteiger partial charge is 0.350 e. The van der Waals surface area contributed by atoms with Crippen molar-refractivity contribution in [1.82, 2.24) is 10.4 Å². The molecule has 166 valence electrons. The summed E-state index contributed by atoms with van der Waals surface area (Å²) in [5.74, 6) is -2.41. The minimum absolute atomic E-state index is 0.270. The van der Waals surface area contributed by atoms with Crippen LogP contribution in [0.3, 0.4) is 0 Å². The Kier molecular flexibility index (Phi) is 6.12. The Bertz CT molecular complexity index is 1190. The number of carbonyl (C=O) groups excluding carboxylic acids is 4. The summed E-state index contributed by atoms with van der Waals surface area (Å²) >= 11 is 0. The van der Waals surface area contributed by atoms with Crippen LogP contribution in [-0.2, 0) is 9.59 Å². The molecular formula is C24H19FN4O4. The first kappa shape index (κ1) is 21.7. The number of rotatable bonds is 5. The Morgan fingerprint density at radius 1 is 0.848 bits per heavy atom. The molecule has 1 aliphatic rings. The smallest absolute Gasteiger partial charge is 0.324 e. The quantitative estimate of drug-likeness (QED) is 0.628. The van der Waals surface area contributed by atoms with Crippen LogP contribution in [0.25, 0.3) is 0 Å². The molecule has 0 unspecified atom stereocenters. The fraction of sp³-hybridized carbons (Fsp3) is 0.0833. The molecule has 1 saturated heterocycles. The molecule has 1 atom stereocenters. The van der Waals surface area contributed by atoms with Crippen molar-refractivity contribution in [2.24, 2.45) is 0 Å². The van der Waals surface area contributed by atoms with Crippen LogP contribution < -0.4 is 15.6 Å². The molecule has 4 rings (SSSR count). The van der Waals surface area contributed by atoms with E-state index in [0.717, 1.165) is 9.91 Å². The highest BCUT2D eigenvalue weighted by Crippen LogP contribution is 2.24. The lowest BCUT2D eigenvalue weighted by Crippen LogP contribution is -2.65. The standard InChI is InChI=1S/C24H19FN4O4/c25-17-11-13-18(14-12-17)26-23(32)20-15-21(30)28(19-9-5-2-6-10-19)24(33)29(20)27-22(31)16-7-3-1-4-8-16/h1-14,20H,15H2,(H,26,32)(H,27,31)/t20-/m0/s1. The van der Waals surface area contributed by atoms with Gasteiger partial charge in [-0.15, -0.1) is 0 Å². The van der Waals surface area contributed by atoms with E-state index in [1.165, 1.54) is 24.3 Å². The van der Waals surface area contributed by atoms with Gasteiger partial charge in [-0.05, 0) is 48.5 Å². The van der Waals surface area contributed by atoms with Crippen LogP contribution in [0, 0.1) is 5.82 Å². The Morgan fingerprint density at radius 2 is 1.45 bits per heavy atom. The Labute approximate surface area is 188 Å². The van der Waals surface area contributed by atoms with E-state index in [-0.39, 0.29) is 17.7 Å². The van der Waals surface area contributed by atoms with Crippen LogP contribution in [0.2, 0.25) is 0 Å². The summed E-state index contributed by atoms with van der Waals surface area (Å²) in [6, 6.07) is 19.2. The van der Waals surface area contributed by atoms with Crippen LogP contribution in [0.15, 0.2) is 84.9 Å². The molecule has 3 aromatic carbocycles. The number of anilines is 2. The van der Waals surface area contributed by atoms with Crippen LogP contribution >= 0.6 is 0 Å². The summed E-state index contributed by atoms with van der Waals surface area (Å²) in [4.78, 5) is 52.8. The van der Waals surface area contributed by atoms with Crippen molar-refractivity contribution >= 4 is 35.1 Å². The van der Waals surface area contributed by atoms with E-state index in [4.69, 9.17) is 0 Å². The molecule has 0 aliphatic carbocycles. The highest BCUT2D eigenvalue weighted by atomic mass is 19.1. The maximum absolute atomic E-state index is 13.3. The molecule has 0 radical (unpaired) electrons.